The molecule has 2 amide bonds. The van der Waals surface area contributed by atoms with E-state index >= 15 is 0 Å². The molecule has 0 bridgehead atoms. The van der Waals surface area contributed by atoms with Crippen LogP contribution in [0, 0.1) is 20.8 Å². The highest BCUT2D eigenvalue weighted by atomic mass is 16.5. The molecule has 0 saturated carbocycles. The molecule has 0 atom stereocenters. The topological polar surface area (TPSA) is 79.5 Å². The molecule has 0 saturated heterocycles. The van der Waals surface area contributed by atoms with Crippen LogP contribution >= 0.6 is 0 Å². The van der Waals surface area contributed by atoms with Crippen LogP contribution in [0.1, 0.15) is 23.1 Å². The van der Waals surface area contributed by atoms with Crippen LogP contribution in [0.2, 0.25) is 0 Å². The second-order valence-corrected chi connectivity index (χ2v) is 6.13. The van der Waals surface area contributed by atoms with Gasteiger partial charge in [-0.15, -0.1) is 0 Å². The first-order valence-corrected chi connectivity index (χ1v) is 8.53. The maximum atomic E-state index is 11.8. The zero-order chi connectivity index (χ0) is 18.9. The molecule has 0 fully saturated rings. The average Bonchev–Trinajstić information content (AvgIpc) is 2.61. The van der Waals surface area contributed by atoms with Gasteiger partial charge >= 0.3 is 0 Å². The Morgan fingerprint density at radius 1 is 0.923 bits per heavy atom. The van der Waals surface area contributed by atoms with Crippen LogP contribution in [-0.4, -0.2) is 25.0 Å². The van der Waals surface area contributed by atoms with E-state index in [1.54, 1.807) is 0 Å². The van der Waals surface area contributed by atoms with Gasteiger partial charge in [-0.25, -0.2) is 0 Å². The molecule has 0 aliphatic rings. The molecule has 6 heteroatoms. The predicted octanol–water partition coefficient (Wildman–Crippen LogP) is 2.64. The zero-order valence-electron chi connectivity index (χ0n) is 15.4. The minimum Gasteiger partial charge on any atom is -0.493 e. The fourth-order valence-electron chi connectivity index (χ4n) is 2.41. The number of anilines is 1. The molecule has 26 heavy (non-hydrogen) atoms. The molecule has 2 aromatic rings. The van der Waals surface area contributed by atoms with Crippen molar-refractivity contribution in [2.75, 3.05) is 18.5 Å². The Morgan fingerprint density at radius 2 is 1.65 bits per heavy atom. The molecule has 0 radical (unpaired) electrons. The van der Waals surface area contributed by atoms with Gasteiger partial charge in [0, 0.05) is 5.69 Å². The van der Waals surface area contributed by atoms with Crippen LogP contribution in [0.3, 0.4) is 0 Å². The Bertz CT molecular complexity index is 775. The molecular weight excluding hydrogens is 330 g/mol. The second kappa shape index (κ2) is 9.46. The first-order chi connectivity index (χ1) is 12.5. The summed E-state index contributed by atoms with van der Waals surface area (Å²) >= 11 is 0. The number of carbonyl (C=O) groups is 2. The highest BCUT2D eigenvalue weighted by molar-refractivity contribution is 5.84. The number of rotatable bonds is 7. The maximum absolute atomic E-state index is 11.8. The van der Waals surface area contributed by atoms with Crippen LogP contribution in [0.25, 0.3) is 0 Å². The van der Waals surface area contributed by atoms with Crippen LogP contribution < -0.4 is 20.9 Å². The number of carbonyl (C=O) groups excluding carboxylic acids is 2. The minimum absolute atomic E-state index is 0.0733. The van der Waals surface area contributed by atoms with Crippen molar-refractivity contribution in [3.63, 3.8) is 0 Å². The number of para-hydroxylation sites is 1. The van der Waals surface area contributed by atoms with Crippen molar-refractivity contribution in [1.82, 2.24) is 10.9 Å². The van der Waals surface area contributed by atoms with Crippen molar-refractivity contribution in [3.05, 3.63) is 59.2 Å². The van der Waals surface area contributed by atoms with Gasteiger partial charge in [0.25, 0.3) is 5.91 Å². The first kappa shape index (κ1) is 19.3. The lowest BCUT2D eigenvalue weighted by atomic mass is 10.1. The number of amides is 2. The van der Waals surface area contributed by atoms with Gasteiger partial charge in [-0.05, 0) is 44.0 Å². The Hall–Kier alpha value is -3.02. The van der Waals surface area contributed by atoms with Gasteiger partial charge in [-0.1, -0.05) is 35.9 Å². The van der Waals surface area contributed by atoms with Crippen molar-refractivity contribution in [1.29, 1.82) is 0 Å². The van der Waals surface area contributed by atoms with Crippen molar-refractivity contribution in [2.24, 2.45) is 0 Å². The molecule has 2 aromatic carbocycles. The number of nitrogens with one attached hydrogen (secondary N) is 3. The molecule has 6 nitrogen and oxygen atoms in total. The molecular formula is C20H25N3O3. The molecule has 0 heterocycles. The highest BCUT2D eigenvalue weighted by Crippen LogP contribution is 2.16. The first-order valence-electron chi connectivity index (χ1n) is 8.53. The average molecular weight is 355 g/mol. The van der Waals surface area contributed by atoms with E-state index in [1.165, 1.54) is 0 Å². The van der Waals surface area contributed by atoms with Gasteiger partial charge in [0.15, 0.2) is 0 Å². The number of aryl methyl sites for hydroxylation is 3. The van der Waals surface area contributed by atoms with E-state index in [-0.39, 0.29) is 31.4 Å². The minimum atomic E-state index is -0.321. The largest absolute Gasteiger partial charge is 0.493 e. The van der Waals surface area contributed by atoms with Crippen LogP contribution in [0.4, 0.5) is 5.69 Å². The summed E-state index contributed by atoms with van der Waals surface area (Å²) in [5.74, 6) is 0.124. The summed E-state index contributed by atoms with van der Waals surface area (Å²) in [5.41, 5.74) is 8.91. The lowest BCUT2D eigenvalue weighted by Crippen LogP contribution is -2.44. The standard InChI is InChI=1S/C20H25N3O3/c1-14-8-9-17(16(3)12-14)21-13-20(25)23-22-19(24)10-11-26-18-7-5-4-6-15(18)2/h4-9,12,21H,10-11,13H2,1-3H3,(H,22,24)(H,23,25). The summed E-state index contributed by atoms with van der Waals surface area (Å²) in [7, 11) is 0. The Labute approximate surface area is 153 Å². The number of ether oxygens (including phenoxy) is 1. The molecule has 0 aliphatic carbocycles. The molecule has 0 unspecified atom stereocenters. The Kier molecular flexibility index (Phi) is 7.02. The van der Waals surface area contributed by atoms with Gasteiger partial charge in [-0.3, -0.25) is 20.4 Å². The normalized spacial score (nSPS) is 10.1. The van der Waals surface area contributed by atoms with Crippen molar-refractivity contribution >= 4 is 17.5 Å². The summed E-state index contributed by atoms with van der Waals surface area (Å²) in [4.78, 5) is 23.6. The number of hydrazine groups is 1. The Morgan fingerprint density at radius 3 is 2.38 bits per heavy atom. The van der Waals surface area contributed by atoms with Crippen molar-refractivity contribution < 1.29 is 14.3 Å². The van der Waals surface area contributed by atoms with Gasteiger partial charge in [0.05, 0.1) is 19.6 Å². The van der Waals surface area contributed by atoms with Crippen LogP contribution in [0.15, 0.2) is 42.5 Å². The third-order valence-corrected chi connectivity index (χ3v) is 3.84. The molecule has 138 valence electrons. The van der Waals surface area contributed by atoms with E-state index in [1.807, 2.05) is 63.2 Å². The van der Waals surface area contributed by atoms with Gasteiger partial charge in [0.2, 0.25) is 5.91 Å². The zero-order valence-corrected chi connectivity index (χ0v) is 15.4. The summed E-state index contributed by atoms with van der Waals surface area (Å²) in [6, 6.07) is 13.5. The fraction of sp³-hybridized carbons (Fsp3) is 0.300. The smallest absolute Gasteiger partial charge is 0.257 e. The fourth-order valence-corrected chi connectivity index (χ4v) is 2.41. The lowest BCUT2D eigenvalue weighted by molar-refractivity contribution is -0.128. The monoisotopic (exact) mass is 355 g/mol. The van der Waals surface area contributed by atoms with Gasteiger partial charge < -0.3 is 10.1 Å². The van der Waals surface area contributed by atoms with E-state index < -0.39 is 0 Å². The van der Waals surface area contributed by atoms with Crippen molar-refractivity contribution in [3.8, 4) is 5.75 Å². The lowest BCUT2D eigenvalue weighted by Gasteiger charge is -2.12. The third-order valence-electron chi connectivity index (χ3n) is 3.84. The summed E-state index contributed by atoms with van der Waals surface area (Å²) in [6.07, 6.45) is 0.152. The SMILES string of the molecule is Cc1ccc(NCC(=O)NNC(=O)CCOc2ccccc2C)c(C)c1. The summed E-state index contributed by atoms with van der Waals surface area (Å²) in [5, 5.41) is 3.05. The molecule has 3 N–H and O–H groups in total. The number of benzene rings is 2. The maximum Gasteiger partial charge on any atom is 0.257 e. The summed E-state index contributed by atoms with van der Waals surface area (Å²) in [6.45, 7) is 6.25. The van der Waals surface area contributed by atoms with Gasteiger partial charge in [0.1, 0.15) is 5.75 Å². The molecule has 0 aliphatic heterocycles. The van der Waals surface area contributed by atoms with Gasteiger partial charge in [-0.2, -0.15) is 0 Å². The van der Waals surface area contributed by atoms with E-state index in [0.29, 0.717) is 0 Å². The van der Waals surface area contributed by atoms with Crippen molar-refractivity contribution in [2.45, 2.75) is 27.2 Å². The van der Waals surface area contributed by atoms with E-state index in [2.05, 4.69) is 16.2 Å². The quantitative estimate of drug-likeness (QED) is 0.667. The summed E-state index contributed by atoms with van der Waals surface area (Å²) < 4.78 is 5.56. The second-order valence-electron chi connectivity index (χ2n) is 6.13. The predicted molar refractivity (Wildman–Crippen MR) is 102 cm³/mol. The number of hydrogen-bond donors (Lipinski definition) is 3. The molecule has 0 spiro atoms. The highest BCUT2D eigenvalue weighted by Gasteiger charge is 2.06. The molecule has 0 aromatic heterocycles. The number of hydrogen-bond acceptors (Lipinski definition) is 4. The van der Waals surface area contributed by atoms with E-state index in [0.717, 1.165) is 28.1 Å². The third kappa shape index (κ3) is 6.12. The molecule has 2 rings (SSSR count). The Balaban J connectivity index is 1.65. The van der Waals surface area contributed by atoms with E-state index in [9.17, 15) is 9.59 Å². The van der Waals surface area contributed by atoms with Crippen LogP contribution in [-0.2, 0) is 9.59 Å². The van der Waals surface area contributed by atoms with E-state index in [4.69, 9.17) is 4.74 Å². The van der Waals surface area contributed by atoms with Crippen LogP contribution in [0.5, 0.6) is 5.75 Å².